The van der Waals surface area contributed by atoms with Gasteiger partial charge in [0.15, 0.2) is 5.82 Å². The third-order valence-electron chi connectivity index (χ3n) is 17.3. The number of likely N-dealkylation sites (N-methyl/N-ethyl adjacent to an activating group) is 1. The number of nitrogens with zero attached hydrogens (tertiary/aromatic N) is 6. The fourth-order valence-corrected chi connectivity index (χ4v) is 12.2. The topological polar surface area (TPSA) is 182 Å². The van der Waals surface area contributed by atoms with Crippen molar-refractivity contribution in [1.82, 2.24) is 29.7 Å². The van der Waals surface area contributed by atoms with Crippen LogP contribution in [0.15, 0.2) is 193 Å². The number of furan rings is 1. The van der Waals surface area contributed by atoms with Gasteiger partial charge in [0.2, 0.25) is 26.0 Å². The minimum atomic E-state index is -2.39. The molecular formula is C74H77FN6O11Si. The highest BCUT2D eigenvalue weighted by atomic mass is 28.4. The Labute approximate surface area is 542 Å². The molecule has 0 amide bonds. The molecule has 0 spiro atoms. The van der Waals surface area contributed by atoms with Crippen molar-refractivity contribution in [3.63, 3.8) is 0 Å². The average molecular weight is 1270 g/mol. The van der Waals surface area contributed by atoms with Crippen LogP contribution in [-0.2, 0) is 28.2 Å². The van der Waals surface area contributed by atoms with Crippen molar-refractivity contribution < 1.29 is 56.3 Å². The van der Waals surface area contributed by atoms with Crippen molar-refractivity contribution in [3.05, 3.63) is 222 Å². The summed E-state index contributed by atoms with van der Waals surface area (Å²) >= 11 is 0. The van der Waals surface area contributed by atoms with Crippen molar-refractivity contribution >= 4 is 25.4 Å². The van der Waals surface area contributed by atoms with E-state index in [1.54, 1.807) is 51.8 Å². The summed E-state index contributed by atoms with van der Waals surface area (Å²) in [5.41, 5.74) is 5.16. The van der Waals surface area contributed by atoms with Gasteiger partial charge in [0.1, 0.15) is 76.1 Å². The summed E-state index contributed by atoms with van der Waals surface area (Å²) in [6.07, 6.45) is 0.712. The van der Waals surface area contributed by atoms with E-state index >= 15 is 0 Å². The van der Waals surface area contributed by atoms with Gasteiger partial charge < -0.3 is 52.0 Å². The summed E-state index contributed by atoms with van der Waals surface area (Å²) in [6, 6.07) is 54.2. The van der Waals surface area contributed by atoms with Gasteiger partial charge in [-0.25, -0.2) is 29.1 Å². The average Bonchev–Trinajstić information content (AvgIpc) is 1.65. The second kappa shape index (κ2) is 28.5. The lowest BCUT2D eigenvalue weighted by atomic mass is 9.80. The highest BCUT2D eigenvalue weighted by Gasteiger charge is 2.41. The van der Waals surface area contributed by atoms with Crippen LogP contribution in [0.4, 0.5) is 4.39 Å². The van der Waals surface area contributed by atoms with Crippen molar-refractivity contribution in [2.45, 2.75) is 69.7 Å². The molecule has 19 heteroatoms. The Balaban J connectivity index is 0.935. The summed E-state index contributed by atoms with van der Waals surface area (Å²) < 4.78 is 72.5. The van der Waals surface area contributed by atoms with Gasteiger partial charge in [-0.3, -0.25) is 4.90 Å². The Morgan fingerprint density at radius 1 is 0.677 bits per heavy atom. The Morgan fingerprint density at radius 3 is 1.95 bits per heavy atom. The van der Waals surface area contributed by atoms with Crippen LogP contribution in [0.1, 0.15) is 48.7 Å². The number of aliphatic carboxylic acids is 1. The first-order valence-corrected chi connectivity index (χ1v) is 33.8. The molecular weight excluding hydrogens is 1200 g/mol. The summed E-state index contributed by atoms with van der Waals surface area (Å²) in [5, 5.41) is 11.3. The summed E-state index contributed by atoms with van der Waals surface area (Å²) in [4.78, 5) is 36.9. The normalized spacial score (nSPS) is 13.9. The zero-order chi connectivity index (χ0) is 65.3. The number of hydrogen-bond acceptors (Lipinski definition) is 16. The number of carboxylic acids is 1. The molecule has 1 aliphatic rings. The van der Waals surface area contributed by atoms with Crippen LogP contribution in [0.5, 0.6) is 40.4 Å². The van der Waals surface area contributed by atoms with E-state index in [1.807, 2.05) is 127 Å². The molecule has 1 fully saturated rings. The summed E-state index contributed by atoms with van der Waals surface area (Å²) in [6.45, 7) is 15.0. The molecule has 7 aromatic carbocycles. The first-order valence-electron chi connectivity index (χ1n) is 30.9. The van der Waals surface area contributed by atoms with Crippen molar-refractivity contribution in [2.75, 3.05) is 67.7 Å². The Bertz CT molecular complexity index is 4100. The van der Waals surface area contributed by atoms with Crippen LogP contribution in [0, 0.1) is 5.82 Å². The molecule has 0 radical (unpaired) electrons. The molecule has 2 atom stereocenters. The fraction of sp³-hybridized carbons (Fsp3) is 0.284. The quantitative estimate of drug-likeness (QED) is 0.0399. The molecule has 3 aromatic heterocycles. The van der Waals surface area contributed by atoms with Gasteiger partial charge in [-0.2, -0.15) is 0 Å². The Hall–Kier alpha value is -9.66. The second-order valence-electron chi connectivity index (χ2n) is 24.5. The minimum Gasteiger partial charge on any atom is -0.543 e. The van der Waals surface area contributed by atoms with E-state index in [0.717, 1.165) is 42.9 Å². The lowest BCUT2D eigenvalue weighted by Gasteiger charge is -2.39. The maximum absolute atomic E-state index is 14.7. The lowest BCUT2D eigenvalue weighted by molar-refractivity contribution is -0.145. The molecule has 17 nitrogen and oxygen atoms in total. The number of halogens is 1. The second-order valence-corrected chi connectivity index (χ2v) is 29.2. The number of hydrogen-bond donors (Lipinski definition) is 1. The minimum absolute atomic E-state index is 0.0223. The van der Waals surface area contributed by atoms with Crippen molar-refractivity contribution in [1.29, 1.82) is 0 Å². The smallest absolute Gasteiger partial charge is 0.345 e. The van der Waals surface area contributed by atoms with Crippen molar-refractivity contribution in [2.24, 2.45) is 0 Å². The van der Waals surface area contributed by atoms with Gasteiger partial charge in [-0.05, 0) is 144 Å². The number of ether oxygens (including phenoxy) is 7. The monoisotopic (exact) mass is 1270 g/mol. The van der Waals surface area contributed by atoms with Gasteiger partial charge in [-0.15, -0.1) is 0 Å². The standard InChI is InChI=1S/C74H77FN6O11Si/c1-73(2,3)93(8,9)92-60-35-36-63(87-46-56-37-38-76-69(79-56)62-17-13-14-18-64(62)86-7)51(43-60)44-65(72(82)83)90-70-67-66(68(91-71(67)78-48-77-70)50-19-27-55(75)28-20-50)49-21-29-59(30-22-49)89-61(45-81-41-39-80(4)40-42-81)47-88-74(52-15-11-10-12-16-52,53-23-31-57(84-5)32-24-53)54-25-33-58(85-6)34-26-54/h10-38,43,48,61,65H,39-42,44-47H2,1-9H3,(H,82,83)/t61-,65?/m0/s1. The van der Waals surface area contributed by atoms with E-state index in [1.165, 1.54) is 18.5 Å². The molecule has 1 saturated heterocycles. The zero-order valence-corrected chi connectivity index (χ0v) is 54.8. The van der Waals surface area contributed by atoms with E-state index in [4.69, 9.17) is 47.0 Å². The fourth-order valence-electron chi connectivity index (χ4n) is 11.2. The van der Waals surface area contributed by atoms with Gasteiger partial charge in [0.05, 0.1) is 39.2 Å². The molecule has 480 valence electrons. The SMILES string of the molecule is COc1ccc(C(OC[C@H](CN2CCN(C)CC2)Oc2ccc(-c3c(-c4ccc(F)cc4)oc4ncnc(OC(Cc5cc(O[Si](C)(C)C(C)(C)C)ccc5OCc5ccnc(-c6ccccc6OC)n5)C(=O)O)c34)cc2)(c2ccccc2)c2ccc(OC)cc2)cc1. The largest absolute Gasteiger partial charge is 0.543 e. The molecule has 93 heavy (non-hydrogen) atoms. The van der Waals surface area contributed by atoms with Gasteiger partial charge in [0.25, 0.3) is 0 Å². The number of benzene rings is 7. The van der Waals surface area contributed by atoms with Crippen LogP contribution >= 0.6 is 0 Å². The first-order chi connectivity index (χ1) is 44.9. The molecule has 0 bridgehead atoms. The molecule has 10 aromatic rings. The van der Waals surface area contributed by atoms with E-state index in [-0.39, 0.29) is 36.3 Å². The molecule has 1 aliphatic heterocycles. The van der Waals surface area contributed by atoms with E-state index in [2.05, 4.69) is 77.8 Å². The predicted molar refractivity (Wildman–Crippen MR) is 358 cm³/mol. The van der Waals surface area contributed by atoms with Crippen LogP contribution in [0.3, 0.4) is 0 Å². The maximum atomic E-state index is 14.7. The molecule has 4 heterocycles. The predicted octanol–water partition coefficient (Wildman–Crippen LogP) is 14.2. The first kappa shape index (κ1) is 64.9. The number of methoxy groups -OCH3 is 3. The van der Waals surface area contributed by atoms with Crippen LogP contribution in [-0.4, -0.2) is 129 Å². The third-order valence-corrected chi connectivity index (χ3v) is 21.7. The highest BCUT2D eigenvalue weighted by molar-refractivity contribution is 6.74. The number of aromatic nitrogens is 4. The number of fused-ring (bicyclic) bond motifs is 1. The lowest BCUT2D eigenvalue weighted by Crippen LogP contribution is -2.49. The molecule has 1 N–H and O–H groups in total. The van der Waals surface area contributed by atoms with Crippen LogP contribution in [0.2, 0.25) is 18.1 Å². The maximum Gasteiger partial charge on any atom is 0.345 e. The number of rotatable bonds is 26. The van der Waals surface area contributed by atoms with E-state index < -0.39 is 37.9 Å². The third kappa shape index (κ3) is 14.8. The Kier molecular flexibility index (Phi) is 19.8. The zero-order valence-electron chi connectivity index (χ0n) is 53.8. The van der Waals surface area contributed by atoms with Crippen LogP contribution < -0.4 is 32.8 Å². The Morgan fingerprint density at radius 2 is 1.30 bits per heavy atom. The summed E-state index contributed by atoms with van der Waals surface area (Å²) in [7, 11) is 4.64. The molecule has 0 aliphatic carbocycles. The highest BCUT2D eigenvalue weighted by Crippen LogP contribution is 2.46. The molecule has 0 saturated carbocycles. The van der Waals surface area contributed by atoms with Gasteiger partial charge in [0, 0.05) is 62.0 Å². The van der Waals surface area contributed by atoms with Gasteiger partial charge in [-0.1, -0.05) is 99.6 Å². The van der Waals surface area contributed by atoms with Crippen LogP contribution in [0.25, 0.3) is 44.9 Å². The molecule has 11 rings (SSSR count). The summed E-state index contributed by atoms with van der Waals surface area (Å²) in [5.74, 6) is 2.59. The number of piperazine rings is 1. The van der Waals surface area contributed by atoms with Crippen molar-refractivity contribution in [3.8, 4) is 74.2 Å². The number of carboxylic acid groups (broad SMARTS) is 1. The van der Waals surface area contributed by atoms with Gasteiger partial charge >= 0.3 is 5.97 Å². The number of para-hydroxylation sites is 1. The van der Waals surface area contributed by atoms with E-state index in [9.17, 15) is 14.3 Å². The molecule has 1 unspecified atom stereocenters. The van der Waals surface area contributed by atoms with E-state index in [0.29, 0.717) is 91.5 Å². The number of carbonyl (C=O) groups is 1.